The molecule has 1 heterocycles. The van der Waals surface area contributed by atoms with Crippen molar-refractivity contribution in [1.29, 1.82) is 0 Å². The van der Waals surface area contributed by atoms with Crippen LogP contribution in [-0.4, -0.2) is 24.3 Å². The highest BCUT2D eigenvalue weighted by atomic mass is 32.1. The number of piperidine rings is 1. The fraction of sp³-hybridized carbons (Fsp3) is 0.500. The van der Waals surface area contributed by atoms with E-state index in [1.54, 1.807) is 6.92 Å². The lowest BCUT2D eigenvalue weighted by Gasteiger charge is -2.35. The summed E-state index contributed by atoms with van der Waals surface area (Å²) in [6.07, 6.45) is 1.95. The average Bonchev–Trinajstić information content (AvgIpc) is 2.40. The summed E-state index contributed by atoms with van der Waals surface area (Å²) in [5.41, 5.74) is 0.608. The van der Waals surface area contributed by atoms with Crippen LogP contribution in [0.15, 0.2) is 30.3 Å². The van der Waals surface area contributed by atoms with Gasteiger partial charge in [-0.2, -0.15) is 12.6 Å². The van der Waals surface area contributed by atoms with E-state index in [9.17, 15) is 4.79 Å². The van der Waals surface area contributed by atoms with Gasteiger partial charge in [-0.3, -0.25) is 4.79 Å². The van der Waals surface area contributed by atoms with E-state index in [4.69, 9.17) is 4.74 Å². The van der Waals surface area contributed by atoms with Gasteiger partial charge in [-0.25, -0.2) is 0 Å². The summed E-state index contributed by atoms with van der Waals surface area (Å²) >= 11 is 4.16. The fourth-order valence-corrected chi connectivity index (χ4v) is 2.46. The van der Waals surface area contributed by atoms with Crippen LogP contribution < -0.4 is 5.32 Å². The number of hydrogen-bond acceptors (Lipinski definition) is 3. The van der Waals surface area contributed by atoms with Crippen LogP contribution in [0.2, 0.25) is 0 Å². The number of thiol groups is 1. The molecule has 4 heteroatoms. The van der Waals surface area contributed by atoms with Gasteiger partial charge in [-0.15, -0.1) is 0 Å². The van der Waals surface area contributed by atoms with Gasteiger partial charge in [0.2, 0.25) is 0 Å². The number of ether oxygens (including phenoxy) is 1. The first-order valence-electron chi connectivity index (χ1n) is 6.42. The molecule has 1 aromatic rings. The van der Waals surface area contributed by atoms with Crippen LogP contribution in [0.4, 0.5) is 0 Å². The molecule has 1 saturated heterocycles. The molecule has 0 radical (unpaired) electrons. The lowest BCUT2D eigenvalue weighted by Crippen LogP contribution is -2.90. The third-order valence-electron chi connectivity index (χ3n) is 3.40. The molecule has 3 nitrogen and oxygen atoms in total. The van der Waals surface area contributed by atoms with Gasteiger partial charge >= 0.3 is 5.97 Å². The topological polar surface area (TPSA) is 42.9 Å². The first-order chi connectivity index (χ1) is 8.64. The summed E-state index contributed by atoms with van der Waals surface area (Å²) < 4.78 is 5.78. The maximum atomic E-state index is 11.9. The standard InChI is InChI=1S/C14H19NO2S/c1-11(18)13(16)17-14(8-5-9-15-10-14)12-6-3-2-4-7-12/h2-4,6-7,11,15,18H,5,8-10H2,1H3/p+1. The van der Waals surface area contributed by atoms with E-state index in [2.05, 4.69) is 17.9 Å². The Kier molecular flexibility index (Phi) is 4.30. The molecule has 18 heavy (non-hydrogen) atoms. The summed E-state index contributed by atoms with van der Waals surface area (Å²) in [4.78, 5) is 11.9. The number of rotatable bonds is 3. The third-order valence-corrected chi connectivity index (χ3v) is 3.61. The van der Waals surface area contributed by atoms with E-state index in [0.717, 1.165) is 31.5 Å². The monoisotopic (exact) mass is 266 g/mol. The first kappa shape index (κ1) is 13.4. The van der Waals surface area contributed by atoms with Crippen LogP contribution in [0.3, 0.4) is 0 Å². The number of quaternary nitrogens is 1. The van der Waals surface area contributed by atoms with Crippen molar-refractivity contribution in [2.75, 3.05) is 13.1 Å². The first-order valence-corrected chi connectivity index (χ1v) is 6.94. The fourth-order valence-electron chi connectivity index (χ4n) is 2.40. The largest absolute Gasteiger partial charge is 0.447 e. The molecule has 0 bridgehead atoms. The summed E-state index contributed by atoms with van der Waals surface area (Å²) in [7, 11) is 0. The van der Waals surface area contributed by atoms with Gasteiger partial charge in [-0.05, 0) is 6.92 Å². The van der Waals surface area contributed by atoms with E-state index in [1.807, 2.05) is 30.3 Å². The molecule has 0 saturated carbocycles. The summed E-state index contributed by atoms with van der Waals surface area (Å²) in [5.74, 6) is -0.238. The number of carbonyl (C=O) groups excluding carboxylic acids is 1. The van der Waals surface area contributed by atoms with Crippen molar-refractivity contribution < 1.29 is 14.8 Å². The molecule has 0 amide bonds. The van der Waals surface area contributed by atoms with E-state index in [-0.39, 0.29) is 11.2 Å². The van der Waals surface area contributed by atoms with E-state index in [0.29, 0.717) is 0 Å². The maximum absolute atomic E-state index is 11.9. The number of benzene rings is 1. The highest BCUT2D eigenvalue weighted by Gasteiger charge is 2.40. The molecule has 1 fully saturated rings. The molecule has 1 aliphatic rings. The lowest BCUT2D eigenvalue weighted by atomic mass is 9.86. The Balaban J connectivity index is 2.26. The predicted octanol–water partition coefficient (Wildman–Crippen LogP) is 1.10. The minimum absolute atomic E-state index is 0.238. The Morgan fingerprint density at radius 2 is 2.17 bits per heavy atom. The molecule has 2 rings (SSSR count). The quantitative estimate of drug-likeness (QED) is 0.635. The highest BCUT2D eigenvalue weighted by molar-refractivity contribution is 7.81. The number of esters is 1. The summed E-state index contributed by atoms with van der Waals surface area (Å²) in [5, 5.41) is 1.83. The minimum Gasteiger partial charge on any atom is -0.447 e. The Morgan fingerprint density at radius 1 is 1.44 bits per heavy atom. The number of carbonyl (C=O) groups is 1. The van der Waals surface area contributed by atoms with Crippen molar-refractivity contribution in [3.63, 3.8) is 0 Å². The van der Waals surface area contributed by atoms with Gasteiger partial charge in [-0.1, -0.05) is 30.3 Å². The van der Waals surface area contributed by atoms with E-state index >= 15 is 0 Å². The SMILES string of the molecule is CC(S)C(=O)OC1(c2ccccc2)CCC[NH2+]C1. The summed E-state index contributed by atoms with van der Waals surface area (Å²) in [6, 6.07) is 10.0. The zero-order valence-electron chi connectivity index (χ0n) is 10.6. The number of hydrogen-bond donors (Lipinski definition) is 2. The van der Waals surface area contributed by atoms with Crippen LogP contribution in [0.1, 0.15) is 25.3 Å². The molecular weight excluding hydrogens is 246 g/mol. The van der Waals surface area contributed by atoms with Crippen molar-refractivity contribution in [2.45, 2.75) is 30.6 Å². The van der Waals surface area contributed by atoms with E-state index in [1.165, 1.54) is 0 Å². The van der Waals surface area contributed by atoms with Crippen LogP contribution in [0, 0.1) is 0 Å². The zero-order chi connectivity index (χ0) is 13.0. The van der Waals surface area contributed by atoms with Crippen molar-refractivity contribution >= 4 is 18.6 Å². The molecule has 0 spiro atoms. The maximum Gasteiger partial charge on any atom is 0.319 e. The second-order valence-corrected chi connectivity index (χ2v) is 5.62. The highest BCUT2D eigenvalue weighted by Crippen LogP contribution is 2.31. The van der Waals surface area contributed by atoms with Gasteiger partial charge in [0, 0.05) is 18.4 Å². The van der Waals surface area contributed by atoms with Crippen molar-refractivity contribution in [1.82, 2.24) is 0 Å². The summed E-state index contributed by atoms with van der Waals surface area (Å²) in [6.45, 7) is 3.64. The molecular formula is C14H20NO2S+. The number of nitrogens with two attached hydrogens (primary N) is 1. The van der Waals surface area contributed by atoms with Crippen LogP contribution >= 0.6 is 12.6 Å². The zero-order valence-corrected chi connectivity index (χ0v) is 11.5. The smallest absolute Gasteiger partial charge is 0.319 e. The Hall–Kier alpha value is -1.00. The van der Waals surface area contributed by atoms with Crippen LogP contribution in [0.5, 0.6) is 0 Å². The van der Waals surface area contributed by atoms with Crippen LogP contribution in [0.25, 0.3) is 0 Å². The Morgan fingerprint density at radius 3 is 2.72 bits per heavy atom. The van der Waals surface area contributed by atoms with E-state index < -0.39 is 5.60 Å². The van der Waals surface area contributed by atoms with Gasteiger partial charge in [0.05, 0.1) is 11.8 Å². The molecule has 2 N–H and O–H groups in total. The van der Waals surface area contributed by atoms with Gasteiger partial charge in [0.25, 0.3) is 0 Å². The average molecular weight is 266 g/mol. The van der Waals surface area contributed by atoms with Crippen molar-refractivity contribution in [3.8, 4) is 0 Å². The Bertz CT molecular complexity index is 400. The third kappa shape index (κ3) is 2.87. The van der Waals surface area contributed by atoms with Gasteiger partial charge in [0.1, 0.15) is 6.54 Å². The molecule has 0 aliphatic carbocycles. The van der Waals surface area contributed by atoms with Crippen molar-refractivity contribution in [2.24, 2.45) is 0 Å². The van der Waals surface area contributed by atoms with Crippen molar-refractivity contribution in [3.05, 3.63) is 35.9 Å². The predicted molar refractivity (Wildman–Crippen MR) is 73.6 cm³/mol. The second kappa shape index (κ2) is 5.76. The Labute approximate surface area is 113 Å². The molecule has 1 aromatic carbocycles. The second-order valence-electron chi connectivity index (χ2n) is 4.84. The molecule has 98 valence electrons. The van der Waals surface area contributed by atoms with Gasteiger partial charge in [0.15, 0.2) is 5.60 Å². The molecule has 2 unspecified atom stereocenters. The van der Waals surface area contributed by atoms with Gasteiger partial charge < -0.3 is 10.1 Å². The molecule has 1 aliphatic heterocycles. The molecule has 0 aromatic heterocycles. The minimum atomic E-state index is -0.479. The van der Waals surface area contributed by atoms with Crippen LogP contribution in [-0.2, 0) is 15.1 Å². The molecule has 2 atom stereocenters. The normalized spacial score (nSPS) is 25.4. The lowest BCUT2D eigenvalue weighted by molar-refractivity contribution is -0.678.